The van der Waals surface area contributed by atoms with E-state index in [-0.39, 0.29) is 19.0 Å². The molecule has 0 aromatic heterocycles. The molecule has 1 aliphatic heterocycles. The number of likely N-dealkylation sites (tertiary alicyclic amines) is 1. The van der Waals surface area contributed by atoms with Crippen LogP contribution in [0.3, 0.4) is 0 Å². The lowest BCUT2D eigenvalue weighted by molar-refractivity contribution is 0.0439. The van der Waals surface area contributed by atoms with Gasteiger partial charge in [0.1, 0.15) is 0 Å². The average Bonchev–Trinajstić information content (AvgIpc) is 2.43. The number of aliphatic hydroxyl groups is 1. The highest BCUT2D eigenvalue weighted by Gasteiger charge is 2.31. The van der Waals surface area contributed by atoms with Crippen LogP contribution in [0.25, 0.3) is 0 Å². The molecule has 6 nitrogen and oxygen atoms in total. The van der Waals surface area contributed by atoms with E-state index < -0.39 is 18.2 Å². The predicted octanol–water partition coefficient (Wildman–Crippen LogP) is 1.60. The van der Waals surface area contributed by atoms with Crippen molar-refractivity contribution in [2.45, 2.75) is 25.5 Å². The van der Waals surface area contributed by atoms with Crippen LogP contribution < -0.4 is 5.32 Å². The quantitative estimate of drug-likeness (QED) is 0.750. The van der Waals surface area contributed by atoms with E-state index in [4.69, 9.17) is 5.11 Å². The highest BCUT2D eigenvalue weighted by Crippen LogP contribution is 2.20. The number of halogens is 1. The molecule has 1 fully saturated rings. The average molecular weight is 357 g/mol. The first-order valence-electron chi connectivity index (χ1n) is 6.62. The van der Waals surface area contributed by atoms with Gasteiger partial charge < -0.3 is 20.4 Å². The Bertz CT molecular complexity index is 564. The van der Waals surface area contributed by atoms with Gasteiger partial charge in [0, 0.05) is 23.1 Å². The number of piperidine rings is 1. The Balaban J connectivity index is 2.10. The van der Waals surface area contributed by atoms with E-state index in [1.165, 1.54) is 4.90 Å². The first kappa shape index (κ1) is 15.8. The zero-order chi connectivity index (χ0) is 15.6. The molecule has 2 amide bonds. The molecule has 0 unspecified atom stereocenters. The summed E-state index contributed by atoms with van der Waals surface area (Å²) in [5, 5.41) is 21.7. The Kier molecular flexibility index (Phi) is 4.84. The van der Waals surface area contributed by atoms with Gasteiger partial charge in [0.25, 0.3) is 5.91 Å². The standard InChI is InChI=1S/C14H17BrN2O4/c1-8-9(3-2-4-10(8)15)13(19)16-11-7-17(14(20)21)6-5-12(11)18/h2-4,11-12,18H,5-7H2,1H3,(H,16,19)(H,20,21)/t11-,12-/m0/s1. The van der Waals surface area contributed by atoms with Crippen LogP contribution in [0, 0.1) is 6.92 Å². The molecule has 7 heteroatoms. The summed E-state index contributed by atoms with van der Waals surface area (Å²) < 4.78 is 0.825. The molecular weight excluding hydrogens is 340 g/mol. The molecule has 2 rings (SSSR count). The topological polar surface area (TPSA) is 89.9 Å². The fourth-order valence-corrected chi connectivity index (χ4v) is 2.72. The minimum Gasteiger partial charge on any atom is -0.465 e. The van der Waals surface area contributed by atoms with Crippen LogP contribution in [0.15, 0.2) is 22.7 Å². The molecular formula is C14H17BrN2O4. The predicted molar refractivity (Wildman–Crippen MR) is 80.4 cm³/mol. The van der Waals surface area contributed by atoms with Crippen molar-refractivity contribution in [1.82, 2.24) is 10.2 Å². The van der Waals surface area contributed by atoms with Crippen molar-refractivity contribution in [1.29, 1.82) is 0 Å². The third kappa shape index (κ3) is 3.54. The zero-order valence-electron chi connectivity index (χ0n) is 11.5. The lowest BCUT2D eigenvalue weighted by Crippen LogP contribution is -2.56. The SMILES string of the molecule is Cc1c(Br)cccc1C(=O)N[C@H]1CN(C(=O)O)CC[C@@H]1O. The van der Waals surface area contributed by atoms with Gasteiger partial charge in [-0.15, -0.1) is 0 Å². The lowest BCUT2D eigenvalue weighted by atomic mass is 10.0. The Morgan fingerprint density at radius 2 is 2.14 bits per heavy atom. The number of hydrogen-bond acceptors (Lipinski definition) is 3. The van der Waals surface area contributed by atoms with E-state index in [0.717, 1.165) is 10.0 Å². The molecule has 1 saturated heterocycles. The number of rotatable bonds is 2. The van der Waals surface area contributed by atoms with Crippen molar-refractivity contribution in [2.75, 3.05) is 13.1 Å². The largest absolute Gasteiger partial charge is 0.465 e. The van der Waals surface area contributed by atoms with Gasteiger partial charge in [-0.1, -0.05) is 22.0 Å². The van der Waals surface area contributed by atoms with Crippen molar-refractivity contribution in [3.8, 4) is 0 Å². The third-order valence-electron chi connectivity index (χ3n) is 3.68. The van der Waals surface area contributed by atoms with Crippen LogP contribution in [0.1, 0.15) is 22.3 Å². The van der Waals surface area contributed by atoms with Gasteiger partial charge in [-0.2, -0.15) is 0 Å². The number of benzene rings is 1. The number of hydrogen-bond donors (Lipinski definition) is 3. The van der Waals surface area contributed by atoms with Crippen molar-refractivity contribution in [2.24, 2.45) is 0 Å². The second-order valence-corrected chi connectivity index (χ2v) is 5.93. The van der Waals surface area contributed by atoms with Gasteiger partial charge in [0.15, 0.2) is 0 Å². The second-order valence-electron chi connectivity index (χ2n) is 5.08. The summed E-state index contributed by atoms with van der Waals surface area (Å²) in [7, 11) is 0. The number of carboxylic acid groups (broad SMARTS) is 1. The smallest absolute Gasteiger partial charge is 0.407 e. The molecule has 114 valence electrons. The summed E-state index contributed by atoms with van der Waals surface area (Å²) in [6.07, 6.45) is -1.47. The van der Waals surface area contributed by atoms with Crippen molar-refractivity contribution in [3.63, 3.8) is 0 Å². The molecule has 1 aliphatic rings. The maximum atomic E-state index is 12.3. The summed E-state index contributed by atoms with van der Waals surface area (Å²) in [5.74, 6) is -0.315. The summed E-state index contributed by atoms with van der Waals surface area (Å²) in [6, 6.07) is 4.70. The number of carbonyl (C=O) groups excluding carboxylic acids is 1. The van der Waals surface area contributed by atoms with Crippen LogP contribution in [0.5, 0.6) is 0 Å². The molecule has 2 atom stereocenters. The Hall–Kier alpha value is -1.60. The van der Waals surface area contributed by atoms with Crippen molar-refractivity contribution in [3.05, 3.63) is 33.8 Å². The van der Waals surface area contributed by atoms with Crippen LogP contribution >= 0.6 is 15.9 Å². The molecule has 1 heterocycles. The van der Waals surface area contributed by atoms with Crippen LogP contribution in [-0.2, 0) is 0 Å². The number of aliphatic hydroxyl groups excluding tert-OH is 1. The fourth-order valence-electron chi connectivity index (χ4n) is 2.35. The molecule has 0 radical (unpaired) electrons. The second kappa shape index (κ2) is 6.44. The van der Waals surface area contributed by atoms with E-state index in [9.17, 15) is 14.7 Å². The summed E-state index contributed by atoms with van der Waals surface area (Å²) >= 11 is 3.36. The molecule has 21 heavy (non-hydrogen) atoms. The molecule has 1 aromatic rings. The van der Waals surface area contributed by atoms with Gasteiger partial charge in [0.05, 0.1) is 12.1 Å². The zero-order valence-corrected chi connectivity index (χ0v) is 13.1. The molecule has 1 aromatic carbocycles. The van der Waals surface area contributed by atoms with E-state index >= 15 is 0 Å². The summed E-state index contributed by atoms with van der Waals surface area (Å²) in [6.45, 7) is 2.19. The van der Waals surface area contributed by atoms with Gasteiger partial charge in [-0.25, -0.2) is 4.79 Å². The molecule has 3 N–H and O–H groups in total. The maximum Gasteiger partial charge on any atom is 0.407 e. The Labute approximate surface area is 130 Å². The number of nitrogens with zero attached hydrogens (tertiary/aromatic N) is 1. The molecule has 0 saturated carbocycles. The van der Waals surface area contributed by atoms with Crippen LogP contribution in [-0.4, -0.2) is 52.3 Å². The van der Waals surface area contributed by atoms with Crippen molar-refractivity contribution >= 4 is 27.9 Å². The third-order valence-corrected chi connectivity index (χ3v) is 4.53. The van der Waals surface area contributed by atoms with E-state index in [1.54, 1.807) is 12.1 Å². The van der Waals surface area contributed by atoms with Gasteiger partial charge in [-0.3, -0.25) is 4.79 Å². The number of nitrogens with one attached hydrogen (secondary N) is 1. The minimum atomic E-state index is -1.04. The van der Waals surface area contributed by atoms with Gasteiger partial charge in [0.2, 0.25) is 0 Å². The molecule has 0 spiro atoms. The number of amides is 2. The molecule has 0 bridgehead atoms. The summed E-state index contributed by atoms with van der Waals surface area (Å²) in [5.41, 5.74) is 1.31. The molecule has 0 aliphatic carbocycles. The highest BCUT2D eigenvalue weighted by molar-refractivity contribution is 9.10. The monoisotopic (exact) mass is 356 g/mol. The van der Waals surface area contributed by atoms with Crippen LogP contribution in [0.2, 0.25) is 0 Å². The van der Waals surface area contributed by atoms with E-state index in [1.807, 2.05) is 13.0 Å². The van der Waals surface area contributed by atoms with Crippen LogP contribution in [0.4, 0.5) is 4.79 Å². The van der Waals surface area contributed by atoms with Gasteiger partial charge >= 0.3 is 6.09 Å². The summed E-state index contributed by atoms with van der Waals surface area (Å²) in [4.78, 5) is 24.5. The maximum absolute atomic E-state index is 12.3. The first-order valence-corrected chi connectivity index (χ1v) is 7.41. The van der Waals surface area contributed by atoms with E-state index in [0.29, 0.717) is 12.0 Å². The van der Waals surface area contributed by atoms with Crippen molar-refractivity contribution < 1.29 is 19.8 Å². The Morgan fingerprint density at radius 1 is 1.43 bits per heavy atom. The Morgan fingerprint density at radius 3 is 2.81 bits per heavy atom. The minimum absolute atomic E-state index is 0.0926. The first-order chi connectivity index (χ1) is 9.90. The normalized spacial score (nSPS) is 22.0. The lowest BCUT2D eigenvalue weighted by Gasteiger charge is -2.35. The van der Waals surface area contributed by atoms with Gasteiger partial charge in [-0.05, 0) is 31.0 Å². The highest BCUT2D eigenvalue weighted by atomic mass is 79.9. The fraction of sp³-hybridized carbons (Fsp3) is 0.429. The van der Waals surface area contributed by atoms with E-state index in [2.05, 4.69) is 21.2 Å². The number of carbonyl (C=O) groups is 2.